The molecular formula is C16H21N3O3S. The number of carbonyl (C=O) groups excluding carboxylic acids is 1. The molecule has 1 aliphatic heterocycles. The average Bonchev–Trinajstić information content (AvgIpc) is 2.54. The van der Waals surface area contributed by atoms with E-state index in [4.69, 9.17) is 5.26 Å². The number of nitriles is 1. The summed E-state index contributed by atoms with van der Waals surface area (Å²) in [5, 5.41) is 8.45. The van der Waals surface area contributed by atoms with Gasteiger partial charge < -0.3 is 4.90 Å². The van der Waals surface area contributed by atoms with Gasteiger partial charge in [0.2, 0.25) is 10.0 Å². The summed E-state index contributed by atoms with van der Waals surface area (Å²) in [6, 6.07) is 7.81. The fourth-order valence-corrected chi connectivity index (χ4v) is 3.69. The van der Waals surface area contributed by atoms with Gasteiger partial charge in [-0.1, -0.05) is 6.92 Å². The first-order chi connectivity index (χ1) is 10.9. The molecule has 1 aliphatic rings. The lowest BCUT2D eigenvalue weighted by Gasteiger charge is -2.31. The van der Waals surface area contributed by atoms with Gasteiger partial charge in [0.15, 0.2) is 0 Å². The van der Waals surface area contributed by atoms with Crippen molar-refractivity contribution in [3.05, 3.63) is 29.8 Å². The van der Waals surface area contributed by atoms with Crippen LogP contribution in [0.1, 0.15) is 36.5 Å². The van der Waals surface area contributed by atoms with Gasteiger partial charge in [0.05, 0.1) is 11.0 Å². The van der Waals surface area contributed by atoms with Crippen molar-refractivity contribution >= 4 is 15.9 Å². The third-order valence-corrected chi connectivity index (χ3v) is 5.36. The number of hydrogen-bond acceptors (Lipinski definition) is 4. The standard InChI is InChI=1S/C16H21N3O3S/c1-13-4-2-11-19(12-13)16(20)14-5-7-15(8-6-14)23(21,22)18-10-3-9-17/h5-8,13,18H,2-4,10-12H2,1H3. The van der Waals surface area contributed by atoms with Crippen molar-refractivity contribution in [3.63, 3.8) is 0 Å². The summed E-state index contributed by atoms with van der Waals surface area (Å²) in [5.74, 6) is 0.439. The lowest BCUT2D eigenvalue weighted by atomic mass is 9.99. The van der Waals surface area contributed by atoms with E-state index < -0.39 is 10.0 Å². The first-order valence-electron chi connectivity index (χ1n) is 7.70. The highest BCUT2D eigenvalue weighted by Gasteiger charge is 2.22. The number of carbonyl (C=O) groups is 1. The molecule has 1 heterocycles. The number of nitrogens with one attached hydrogen (secondary N) is 1. The number of likely N-dealkylation sites (tertiary alicyclic amines) is 1. The van der Waals surface area contributed by atoms with E-state index in [1.54, 1.807) is 12.1 Å². The number of sulfonamides is 1. The molecule has 23 heavy (non-hydrogen) atoms. The molecule has 0 bridgehead atoms. The largest absolute Gasteiger partial charge is 0.338 e. The molecule has 6 nitrogen and oxygen atoms in total. The Hall–Kier alpha value is -1.91. The Kier molecular flexibility index (Phi) is 5.74. The Morgan fingerprint density at radius 2 is 2.09 bits per heavy atom. The van der Waals surface area contributed by atoms with Crippen LogP contribution in [-0.2, 0) is 10.0 Å². The molecule has 7 heteroatoms. The summed E-state index contributed by atoms with van der Waals surface area (Å²) >= 11 is 0. The topological polar surface area (TPSA) is 90.3 Å². The van der Waals surface area contributed by atoms with Crippen LogP contribution in [-0.4, -0.2) is 38.9 Å². The molecule has 2 rings (SSSR count). The van der Waals surface area contributed by atoms with Crippen molar-refractivity contribution in [3.8, 4) is 6.07 Å². The molecule has 1 atom stereocenters. The molecule has 0 saturated carbocycles. The Bertz CT molecular complexity index is 692. The lowest BCUT2D eigenvalue weighted by molar-refractivity contribution is 0.0683. The summed E-state index contributed by atoms with van der Waals surface area (Å²) in [6.45, 7) is 3.70. The van der Waals surface area contributed by atoms with E-state index in [9.17, 15) is 13.2 Å². The van der Waals surface area contributed by atoms with Crippen molar-refractivity contribution in [1.29, 1.82) is 5.26 Å². The number of nitrogens with zero attached hydrogens (tertiary/aromatic N) is 2. The van der Waals surface area contributed by atoms with E-state index in [1.165, 1.54) is 12.1 Å². The molecule has 1 fully saturated rings. The fraction of sp³-hybridized carbons (Fsp3) is 0.500. The molecule has 1 saturated heterocycles. The summed E-state index contributed by atoms with van der Waals surface area (Å²) in [7, 11) is -3.63. The average molecular weight is 335 g/mol. The molecule has 0 spiro atoms. The zero-order chi connectivity index (χ0) is 16.9. The minimum absolute atomic E-state index is 0.0575. The molecule has 1 aromatic rings. The number of hydrogen-bond donors (Lipinski definition) is 1. The van der Waals surface area contributed by atoms with Crippen LogP contribution in [0.25, 0.3) is 0 Å². The molecule has 124 valence electrons. The van der Waals surface area contributed by atoms with E-state index in [0.717, 1.165) is 25.9 Å². The summed E-state index contributed by atoms with van der Waals surface area (Å²) < 4.78 is 26.4. The maximum Gasteiger partial charge on any atom is 0.253 e. The summed E-state index contributed by atoms with van der Waals surface area (Å²) in [6.07, 6.45) is 2.25. The van der Waals surface area contributed by atoms with E-state index in [2.05, 4.69) is 11.6 Å². The van der Waals surface area contributed by atoms with Crippen molar-refractivity contribution in [2.45, 2.75) is 31.1 Å². The van der Waals surface area contributed by atoms with Gasteiger partial charge in [-0.25, -0.2) is 13.1 Å². The highest BCUT2D eigenvalue weighted by Crippen LogP contribution is 2.19. The molecule has 1 aromatic carbocycles. The Morgan fingerprint density at radius 1 is 1.39 bits per heavy atom. The van der Waals surface area contributed by atoms with Gasteiger partial charge in [0, 0.05) is 31.6 Å². The summed E-state index contributed by atoms with van der Waals surface area (Å²) in [4.78, 5) is 14.4. The molecule has 0 aromatic heterocycles. The third kappa shape index (κ3) is 4.53. The molecular weight excluding hydrogens is 314 g/mol. The molecule has 0 radical (unpaired) electrons. The second-order valence-corrected chi connectivity index (χ2v) is 7.60. The van der Waals surface area contributed by atoms with Crippen molar-refractivity contribution in [2.75, 3.05) is 19.6 Å². The van der Waals surface area contributed by atoms with Crippen molar-refractivity contribution < 1.29 is 13.2 Å². The normalized spacial score (nSPS) is 18.4. The van der Waals surface area contributed by atoms with Gasteiger partial charge in [-0.15, -0.1) is 0 Å². The second kappa shape index (κ2) is 7.57. The number of amides is 1. The van der Waals surface area contributed by atoms with E-state index in [1.807, 2.05) is 11.0 Å². The monoisotopic (exact) mass is 335 g/mol. The highest BCUT2D eigenvalue weighted by molar-refractivity contribution is 7.89. The van der Waals surface area contributed by atoms with Crippen LogP contribution in [0.2, 0.25) is 0 Å². The maximum absolute atomic E-state index is 12.4. The second-order valence-electron chi connectivity index (χ2n) is 5.83. The van der Waals surface area contributed by atoms with Crippen LogP contribution in [0.5, 0.6) is 0 Å². The Balaban J connectivity index is 2.07. The molecule has 1 amide bonds. The zero-order valence-electron chi connectivity index (χ0n) is 13.2. The third-order valence-electron chi connectivity index (χ3n) is 3.88. The van der Waals surface area contributed by atoms with Crippen molar-refractivity contribution in [1.82, 2.24) is 9.62 Å². The van der Waals surface area contributed by atoms with Crippen LogP contribution in [0.3, 0.4) is 0 Å². The molecule has 1 unspecified atom stereocenters. The first-order valence-corrected chi connectivity index (χ1v) is 9.18. The van der Waals surface area contributed by atoms with Crippen LogP contribution in [0, 0.1) is 17.2 Å². The number of benzene rings is 1. The molecule has 1 N–H and O–H groups in total. The van der Waals surface area contributed by atoms with E-state index >= 15 is 0 Å². The fourth-order valence-electron chi connectivity index (χ4n) is 2.66. The van der Waals surface area contributed by atoms with Crippen LogP contribution in [0.15, 0.2) is 29.2 Å². The van der Waals surface area contributed by atoms with Crippen molar-refractivity contribution in [2.24, 2.45) is 5.92 Å². The zero-order valence-corrected chi connectivity index (χ0v) is 14.0. The summed E-state index contributed by atoms with van der Waals surface area (Å²) in [5.41, 5.74) is 0.495. The SMILES string of the molecule is CC1CCCN(C(=O)c2ccc(S(=O)(=O)NCCC#N)cc2)C1. The van der Waals surface area contributed by atoms with Crippen LogP contribution >= 0.6 is 0 Å². The maximum atomic E-state index is 12.4. The van der Waals surface area contributed by atoms with Gasteiger partial charge in [0.1, 0.15) is 0 Å². The van der Waals surface area contributed by atoms with Gasteiger partial charge in [0.25, 0.3) is 5.91 Å². The smallest absolute Gasteiger partial charge is 0.253 e. The quantitative estimate of drug-likeness (QED) is 0.830. The van der Waals surface area contributed by atoms with E-state index in [0.29, 0.717) is 11.5 Å². The van der Waals surface area contributed by atoms with Gasteiger partial charge in [-0.05, 0) is 43.0 Å². The molecule has 0 aliphatic carbocycles. The minimum Gasteiger partial charge on any atom is -0.338 e. The van der Waals surface area contributed by atoms with Gasteiger partial charge in [-0.2, -0.15) is 5.26 Å². The number of rotatable bonds is 5. The predicted octanol–water partition coefficient (Wildman–Crippen LogP) is 1.75. The van der Waals surface area contributed by atoms with Gasteiger partial charge in [-0.3, -0.25) is 4.79 Å². The van der Waals surface area contributed by atoms with Crippen LogP contribution in [0.4, 0.5) is 0 Å². The Labute approximate surface area is 137 Å². The minimum atomic E-state index is -3.63. The number of piperidine rings is 1. The van der Waals surface area contributed by atoms with Crippen LogP contribution < -0.4 is 4.72 Å². The van der Waals surface area contributed by atoms with Gasteiger partial charge >= 0.3 is 0 Å². The van der Waals surface area contributed by atoms with E-state index in [-0.39, 0.29) is 23.8 Å². The first kappa shape index (κ1) is 17.4. The predicted molar refractivity (Wildman–Crippen MR) is 86.2 cm³/mol. The lowest BCUT2D eigenvalue weighted by Crippen LogP contribution is -2.39. The highest BCUT2D eigenvalue weighted by atomic mass is 32.2. The Morgan fingerprint density at radius 3 is 2.70 bits per heavy atom.